The molecule has 13 heavy (non-hydrogen) atoms. The van der Waals surface area contributed by atoms with Crippen LogP contribution in [0.25, 0.3) is 0 Å². The molecule has 4 heteroatoms. The highest BCUT2D eigenvalue weighted by molar-refractivity contribution is 7.85. The van der Waals surface area contributed by atoms with Gasteiger partial charge in [-0.2, -0.15) is 8.42 Å². The summed E-state index contributed by atoms with van der Waals surface area (Å²) in [4.78, 5) is 0. The maximum absolute atomic E-state index is 10.4. The highest BCUT2D eigenvalue weighted by Gasteiger charge is 2.08. The molecule has 0 aliphatic rings. The molecule has 0 heterocycles. The van der Waals surface area contributed by atoms with Crippen molar-refractivity contribution in [2.75, 3.05) is 5.75 Å². The van der Waals surface area contributed by atoms with Gasteiger partial charge in [0.1, 0.15) is 0 Å². The van der Waals surface area contributed by atoms with Gasteiger partial charge < -0.3 is 0 Å². The molecule has 0 radical (unpaired) electrons. The van der Waals surface area contributed by atoms with Crippen LogP contribution in [0.3, 0.4) is 0 Å². The number of hydrogen-bond donors (Lipinski definition) is 1. The van der Waals surface area contributed by atoms with E-state index in [2.05, 4.69) is 6.92 Å². The Labute approximate surface area is 81.3 Å². The van der Waals surface area contributed by atoms with Gasteiger partial charge in [0.15, 0.2) is 0 Å². The van der Waals surface area contributed by atoms with E-state index < -0.39 is 10.1 Å². The molecule has 0 aromatic heterocycles. The third-order valence-electron chi connectivity index (χ3n) is 2.17. The molecule has 0 rings (SSSR count). The maximum atomic E-state index is 10.4. The normalized spacial score (nSPS) is 14.4. The first kappa shape index (κ1) is 12.9. The van der Waals surface area contributed by atoms with Crippen LogP contribution in [0.15, 0.2) is 0 Å². The van der Waals surface area contributed by atoms with Crippen molar-refractivity contribution in [3.63, 3.8) is 0 Å². The predicted octanol–water partition coefficient (Wildman–Crippen LogP) is 2.48. The van der Waals surface area contributed by atoms with Crippen LogP contribution in [-0.4, -0.2) is 18.7 Å². The summed E-state index contributed by atoms with van der Waals surface area (Å²) < 4.78 is 29.4. The molecule has 0 aromatic carbocycles. The Kier molecular flexibility index (Phi) is 6.33. The molecular weight excluding hydrogens is 188 g/mol. The third kappa shape index (κ3) is 9.83. The Hall–Kier alpha value is -0.0900. The molecule has 0 aromatic rings. The molecule has 0 saturated heterocycles. The Morgan fingerprint density at radius 1 is 1.23 bits per heavy atom. The Balaban J connectivity index is 3.46. The monoisotopic (exact) mass is 208 g/mol. The molecule has 80 valence electrons. The fraction of sp³-hybridized carbons (Fsp3) is 1.00. The largest absolute Gasteiger partial charge is 0.286 e. The summed E-state index contributed by atoms with van der Waals surface area (Å²) in [6, 6.07) is 0. The Morgan fingerprint density at radius 2 is 1.85 bits per heavy atom. The van der Waals surface area contributed by atoms with E-state index in [0.717, 1.165) is 12.8 Å². The van der Waals surface area contributed by atoms with Gasteiger partial charge >= 0.3 is 0 Å². The second-order valence-corrected chi connectivity index (χ2v) is 5.25. The second kappa shape index (κ2) is 6.38. The maximum Gasteiger partial charge on any atom is 0.264 e. The summed E-state index contributed by atoms with van der Waals surface area (Å²) in [6.45, 7) is 4.17. The van der Waals surface area contributed by atoms with Crippen molar-refractivity contribution >= 4 is 10.1 Å². The van der Waals surface area contributed by atoms with Gasteiger partial charge in [-0.15, -0.1) is 0 Å². The lowest BCUT2D eigenvalue weighted by atomic mass is 10.0. The Morgan fingerprint density at radius 3 is 2.31 bits per heavy atom. The van der Waals surface area contributed by atoms with Gasteiger partial charge in [-0.3, -0.25) is 4.55 Å². The molecule has 1 N–H and O–H groups in total. The smallest absolute Gasteiger partial charge is 0.264 e. The van der Waals surface area contributed by atoms with Crippen molar-refractivity contribution in [2.24, 2.45) is 5.92 Å². The predicted molar refractivity (Wildman–Crippen MR) is 54.3 cm³/mol. The molecule has 0 spiro atoms. The number of hydrogen-bond acceptors (Lipinski definition) is 2. The highest BCUT2D eigenvalue weighted by atomic mass is 32.2. The van der Waals surface area contributed by atoms with Crippen LogP contribution < -0.4 is 0 Å². The van der Waals surface area contributed by atoms with E-state index in [4.69, 9.17) is 4.55 Å². The van der Waals surface area contributed by atoms with Crippen molar-refractivity contribution in [1.82, 2.24) is 0 Å². The highest BCUT2D eigenvalue weighted by Crippen LogP contribution is 2.13. The zero-order valence-corrected chi connectivity index (χ0v) is 9.31. The van der Waals surface area contributed by atoms with E-state index in [1.807, 2.05) is 6.92 Å². The summed E-state index contributed by atoms with van der Waals surface area (Å²) in [5, 5.41) is 0. The molecule has 0 amide bonds. The first-order chi connectivity index (χ1) is 5.95. The fourth-order valence-electron chi connectivity index (χ4n) is 1.24. The minimum absolute atomic E-state index is 0.0969. The summed E-state index contributed by atoms with van der Waals surface area (Å²) >= 11 is 0. The molecule has 0 aliphatic heterocycles. The van der Waals surface area contributed by atoms with Gasteiger partial charge in [-0.05, 0) is 12.3 Å². The minimum atomic E-state index is -3.75. The molecule has 0 bridgehead atoms. The van der Waals surface area contributed by atoms with Crippen molar-refractivity contribution in [2.45, 2.75) is 46.0 Å². The zero-order valence-electron chi connectivity index (χ0n) is 8.49. The van der Waals surface area contributed by atoms with E-state index >= 15 is 0 Å². The van der Waals surface area contributed by atoms with E-state index in [9.17, 15) is 8.42 Å². The van der Waals surface area contributed by atoms with E-state index in [1.54, 1.807) is 0 Å². The first-order valence-corrected chi connectivity index (χ1v) is 6.51. The molecule has 1 unspecified atom stereocenters. The minimum Gasteiger partial charge on any atom is -0.286 e. The van der Waals surface area contributed by atoms with E-state index in [1.165, 1.54) is 12.8 Å². The van der Waals surface area contributed by atoms with Crippen LogP contribution in [0.5, 0.6) is 0 Å². The number of unbranched alkanes of at least 4 members (excludes halogenated alkanes) is 2. The van der Waals surface area contributed by atoms with Gasteiger partial charge in [-0.25, -0.2) is 0 Å². The summed E-state index contributed by atoms with van der Waals surface area (Å²) in [5.41, 5.74) is 0. The van der Waals surface area contributed by atoms with Crippen LogP contribution in [-0.2, 0) is 10.1 Å². The van der Waals surface area contributed by atoms with Crippen LogP contribution in [0.1, 0.15) is 46.0 Å². The third-order valence-corrected chi connectivity index (χ3v) is 2.92. The average molecular weight is 208 g/mol. The summed E-state index contributed by atoms with van der Waals surface area (Å²) in [7, 11) is -3.75. The van der Waals surface area contributed by atoms with E-state index in [0.29, 0.717) is 12.3 Å². The second-order valence-electron chi connectivity index (χ2n) is 3.68. The van der Waals surface area contributed by atoms with Crippen molar-refractivity contribution in [3.8, 4) is 0 Å². The average Bonchev–Trinajstić information content (AvgIpc) is 2.00. The standard InChI is InChI=1S/C9H20O3S/c1-3-4-5-6-9(2)7-8-13(10,11)12/h9H,3-8H2,1-2H3,(H,10,11,12). The van der Waals surface area contributed by atoms with Gasteiger partial charge in [0.05, 0.1) is 5.75 Å². The first-order valence-electron chi connectivity index (χ1n) is 4.91. The van der Waals surface area contributed by atoms with E-state index in [-0.39, 0.29) is 5.75 Å². The molecule has 1 atom stereocenters. The molecular formula is C9H20O3S. The van der Waals surface area contributed by atoms with Crippen LogP contribution in [0.2, 0.25) is 0 Å². The van der Waals surface area contributed by atoms with Crippen molar-refractivity contribution in [1.29, 1.82) is 0 Å². The van der Waals surface area contributed by atoms with Gasteiger partial charge in [0.2, 0.25) is 0 Å². The fourth-order valence-corrected chi connectivity index (χ4v) is 1.94. The lowest BCUT2D eigenvalue weighted by Crippen LogP contribution is -2.08. The zero-order chi connectivity index (χ0) is 10.3. The molecule has 3 nitrogen and oxygen atoms in total. The van der Waals surface area contributed by atoms with Crippen LogP contribution in [0.4, 0.5) is 0 Å². The quantitative estimate of drug-likeness (QED) is 0.516. The Bertz CT molecular complexity index is 209. The molecule has 0 aliphatic carbocycles. The SMILES string of the molecule is CCCCCC(C)CCS(=O)(=O)O. The summed E-state index contributed by atoms with van der Waals surface area (Å²) in [6.07, 6.45) is 5.18. The molecule has 0 saturated carbocycles. The number of rotatable bonds is 7. The lowest BCUT2D eigenvalue weighted by molar-refractivity contribution is 0.452. The topological polar surface area (TPSA) is 54.4 Å². The summed E-state index contributed by atoms with van der Waals surface area (Å²) in [5.74, 6) is 0.300. The van der Waals surface area contributed by atoms with Crippen LogP contribution >= 0.6 is 0 Å². The van der Waals surface area contributed by atoms with Crippen molar-refractivity contribution in [3.05, 3.63) is 0 Å². The van der Waals surface area contributed by atoms with Gasteiger partial charge in [-0.1, -0.05) is 39.5 Å². The molecule has 0 fully saturated rings. The van der Waals surface area contributed by atoms with Crippen molar-refractivity contribution < 1.29 is 13.0 Å². The van der Waals surface area contributed by atoms with Gasteiger partial charge in [0, 0.05) is 0 Å². The van der Waals surface area contributed by atoms with Crippen LogP contribution in [0, 0.1) is 5.92 Å². The lowest BCUT2D eigenvalue weighted by Gasteiger charge is -2.08. The van der Waals surface area contributed by atoms with Gasteiger partial charge in [0.25, 0.3) is 10.1 Å².